The molecule has 1 amide bonds. The second-order valence-electron chi connectivity index (χ2n) is 6.32. The Labute approximate surface area is 141 Å². The van der Waals surface area contributed by atoms with Gasteiger partial charge in [-0.1, -0.05) is 45.0 Å². The van der Waals surface area contributed by atoms with E-state index in [1.165, 1.54) is 11.3 Å². The first-order valence-corrected chi connectivity index (χ1v) is 9.76. The molecule has 0 aliphatic rings. The van der Waals surface area contributed by atoms with Gasteiger partial charge in [0, 0.05) is 16.8 Å². The summed E-state index contributed by atoms with van der Waals surface area (Å²) < 4.78 is 25.9. The maximum absolute atomic E-state index is 12.9. The Hall–Kier alpha value is -1.66. The minimum Gasteiger partial charge on any atom is -0.354 e. The number of hydrogen-bond donors (Lipinski definition) is 1. The van der Waals surface area contributed by atoms with E-state index in [-0.39, 0.29) is 17.3 Å². The Morgan fingerprint density at radius 2 is 1.78 bits per heavy atom. The molecular formula is C17H21NO3S2. The van der Waals surface area contributed by atoms with Crippen LogP contribution in [0, 0.1) is 5.41 Å². The van der Waals surface area contributed by atoms with Crippen molar-refractivity contribution in [3.8, 4) is 0 Å². The lowest BCUT2D eigenvalue weighted by Crippen LogP contribution is -2.38. The summed E-state index contributed by atoms with van der Waals surface area (Å²) in [6.45, 7) is 5.46. The number of nitrogens with one attached hydrogen (secondary N) is 1. The third-order valence-corrected chi connectivity index (χ3v) is 6.67. The summed E-state index contributed by atoms with van der Waals surface area (Å²) in [7, 11) is -3.57. The van der Waals surface area contributed by atoms with Crippen molar-refractivity contribution in [2.24, 2.45) is 5.41 Å². The van der Waals surface area contributed by atoms with Gasteiger partial charge in [0.1, 0.15) is 5.25 Å². The molecule has 0 aliphatic heterocycles. The molecule has 0 spiro atoms. The molecule has 1 N–H and O–H groups in total. The average Bonchev–Trinajstić information content (AvgIpc) is 3.01. The fourth-order valence-electron chi connectivity index (χ4n) is 2.06. The van der Waals surface area contributed by atoms with E-state index in [4.69, 9.17) is 0 Å². The Morgan fingerprint density at radius 3 is 2.30 bits per heavy atom. The normalized spacial score (nSPS) is 13.5. The predicted octanol–water partition coefficient (Wildman–Crippen LogP) is 3.43. The second kappa shape index (κ2) is 6.84. The fraction of sp³-hybridized carbons (Fsp3) is 0.353. The Kier molecular flexibility index (Phi) is 5.26. The average molecular weight is 351 g/mol. The molecule has 0 unspecified atom stereocenters. The van der Waals surface area contributed by atoms with E-state index >= 15 is 0 Å². The molecule has 0 saturated heterocycles. The van der Waals surface area contributed by atoms with Gasteiger partial charge in [-0.2, -0.15) is 0 Å². The highest BCUT2D eigenvalue weighted by Crippen LogP contribution is 2.31. The van der Waals surface area contributed by atoms with Crippen LogP contribution in [-0.4, -0.2) is 20.9 Å². The summed E-state index contributed by atoms with van der Waals surface area (Å²) in [5.74, 6) is -0.165. The predicted molar refractivity (Wildman–Crippen MR) is 93.2 cm³/mol. The monoisotopic (exact) mass is 351 g/mol. The number of carbonyl (C=O) groups excluding carboxylic acids is 1. The van der Waals surface area contributed by atoms with Gasteiger partial charge in [-0.25, -0.2) is 8.42 Å². The molecule has 1 atom stereocenters. The third kappa shape index (κ3) is 4.20. The van der Waals surface area contributed by atoms with Crippen molar-refractivity contribution < 1.29 is 13.2 Å². The minimum absolute atomic E-state index is 0.0633. The lowest BCUT2D eigenvalue weighted by molar-refractivity contribution is -0.128. The largest absolute Gasteiger partial charge is 0.354 e. The van der Waals surface area contributed by atoms with Crippen LogP contribution in [0.2, 0.25) is 0 Å². The molecule has 0 fully saturated rings. The second-order valence-corrected chi connectivity index (χ2v) is 9.43. The van der Waals surface area contributed by atoms with Crippen LogP contribution >= 0.6 is 11.3 Å². The van der Waals surface area contributed by atoms with Crippen LogP contribution in [0.15, 0.2) is 52.7 Å². The topological polar surface area (TPSA) is 63.2 Å². The van der Waals surface area contributed by atoms with Crippen molar-refractivity contribution in [3.63, 3.8) is 0 Å². The van der Waals surface area contributed by atoms with Crippen molar-refractivity contribution in [1.82, 2.24) is 5.32 Å². The van der Waals surface area contributed by atoms with Crippen molar-refractivity contribution in [1.29, 1.82) is 0 Å². The summed E-state index contributed by atoms with van der Waals surface area (Å²) in [4.78, 5) is 13.1. The third-order valence-electron chi connectivity index (χ3n) is 3.44. The fourth-order valence-corrected chi connectivity index (χ4v) is 4.87. The van der Waals surface area contributed by atoms with Crippen molar-refractivity contribution >= 4 is 27.1 Å². The molecule has 4 nitrogen and oxygen atoms in total. The summed E-state index contributed by atoms with van der Waals surface area (Å²) >= 11 is 1.38. The van der Waals surface area contributed by atoms with Gasteiger partial charge in [0.25, 0.3) is 0 Å². The molecule has 0 radical (unpaired) electrons. The first-order valence-electron chi connectivity index (χ1n) is 7.33. The van der Waals surface area contributed by atoms with Crippen molar-refractivity contribution in [3.05, 3.63) is 52.7 Å². The molecule has 124 valence electrons. The van der Waals surface area contributed by atoms with E-state index in [1.54, 1.807) is 57.2 Å². The number of thiophene rings is 1. The quantitative estimate of drug-likeness (QED) is 0.898. The van der Waals surface area contributed by atoms with E-state index in [1.807, 2.05) is 11.4 Å². The number of carbonyl (C=O) groups is 1. The van der Waals surface area contributed by atoms with Crippen LogP contribution in [0.1, 0.15) is 30.9 Å². The standard InChI is InChI=1S/C17H21NO3S2/c1-17(2,3)16(19)18-12-15(14-10-7-11-22-14)23(20,21)13-8-5-4-6-9-13/h4-11,15H,12H2,1-3H3,(H,18,19)/t15-/m0/s1. The summed E-state index contributed by atoms with van der Waals surface area (Å²) in [5, 5.41) is 3.84. The van der Waals surface area contributed by atoms with Crippen molar-refractivity contribution in [2.45, 2.75) is 30.9 Å². The molecule has 0 saturated carbocycles. The number of amides is 1. The van der Waals surface area contributed by atoms with Gasteiger partial charge in [-0.05, 0) is 23.6 Å². The number of hydrogen-bond acceptors (Lipinski definition) is 4. The van der Waals surface area contributed by atoms with Crippen LogP contribution in [0.25, 0.3) is 0 Å². The van der Waals surface area contributed by atoms with Crippen LogP contribution in [0.3, 0.4) is 0 Å². The highest BCUT2D eigenvalue weighted by Gasteiger charge is 2.31. The van der Waals surface area contributed by atoms with E-state index in [9.17, 15) is 13.2 Å². The molecule has 23 heavy (non-hydrogen) atoms. The van der Waals surface area contributed by atoms with Gasteiger partial charge in [0.2, 0.25) is 5.91 Å². The molecule has 0 aliphatic carbocycles. The maximum Gasteiger partial charge on any atom is 0.225 e. The number of rotatable bonds is 5. The van der Waals surface area contributed by atoms with Crippen LogP contribution < -0.4 is 5.32 Å². The Morgan fingerprint density at radius 1 is 1.13 bits per heavy atom. The Balaban J connectivity index is 2.31. The van der Waals surface area contributed by atoms with Gasteiger partial charge >= 0.3 is 0 Å². The zero-order valence-corrected chi connectivity index (χ0v) is 15.1. The van der Waals surface area contributed by atoms with E-state index in [0.29, 0.717) is 0 Å². The number of sulfone groups is 1. The van der Waals surface area contributed by atoms with E-state index < -0.39 is 20.5 Å². The van der Waals surface area contributed by atoms with E-state index in [2.05, 4.69) is 5.32 Å². The zero-order valence-electron chi connectivity index (χ0n) is 13.4. The lowest BCUT2D eigenvalue weighted by atomic mass is 9.96. The molecule has 2 rings (SSSR count). The summed E-state index contributed by atoms with van der Waals surface area (Å²) in [5.41, 5.74) is -0.559. The van der Waals surface area contributed by atoms with Crippen molar-refractivity contribution in [2.75, 3.05) is 6.54 Å². The van der Waals surface area contributed by atoms with Crippen LogP contribution in [-0.2, 0) is 14.6 Å². The first-order chi connectivity index (χ1) is 10.7. The molecule has 1 aromatic heterocycles. The van der Waals surface area contributed by atoms with E-state index in [0.717, 1.165) is 4.88 Å². The van der Waals surface area contributed by atoms with Gasteiger partial charge in [-0.3, -0.25) is 4.79 Å². The SMILES string of the molecule is CC(C)(C)C(=O)NC[C@@H](c1cccs1)S(=O)(=O)c1ccccc1. The molecule has 0 bridgehead atoms. The first kappa shape index (κ1) is 17.7. The van der Waals surface area contributed by atoms with Gasteiger partial charge in [0.05, 0.1) is 4.90 Å². The molecule has 1 aromatic carbocycles. The smallest absolute Gasteiger partial charge is 0.225 e. The van der Waals surface area contributed by atoms with Crippen LogP contribution in [0.4, 0.5) is 0 Å². The molecule has 2 aromatic rings. The lowest BCUT2D eigenvalue weighted by Gasteiger charge is -2.21. The molecule has 1 heterocycles. The maximum atomic E-state index is 12.9. The van der Waals surface area contributed by atoms with Gasteiger partial charge < -0.3 is 5.32 Å². The highest BCUT2D eigenvalue weighted by atomic mass is 32.2. The van der Waals surface area contributed by atoms with Gasteiger partial charge in [0.15, 0.2) is 9.84 Å². The zero-order chi connectivity index (χ0) is 17.1. The summed E-state index contributed by atoms with van der Waals surface area (Å²) in [6.07, 6.45) is 0. The minimum atomic E-state index is -3.57. The molecule has 6 heteroatoms. The van der Waals surface area contributed by atoms with Crippen LogP contribution in [0.5, 0.6) is 0 Å². The van der Waals surface area contributed by atoms with Gasteiger partial charge in [-0.15, -0.1) is 11.3 Å². The Bertz CT molecular complexity index is 745. The highest BCUT2D eigenvalue weighted by molar-refractivity contribution is 7.91. The summed E-state index contributed by atoms with van der Waals surface area (Å²) in [6, 6.07) is 12.0. The molecular weight excluding hydrogens is 330 g/mol. The number of benzene rings is 1.